The van der Waals surface area contributed by atoms with Crippen molar-refractivity contribution in [3.63, 3.8) is 0 Å². The Bertz CT molecular complexity index is 458. The van der Waals surface area contributed by atoms with Gasteiger partial charge in [0, 0.05) is 30.6 Å². The molecule has 0 radical (unpaired) electrons. The number of aliphatic hydroxyl groups excluding tert-OH is 1. The second-order valence-corrected chi connectivity index (χ2v) is 5.77. The van der Waals surface area contributed by atoms with Crippen molar-refractivity contribution in [2.24, 2.45) is 0 Å². The van der Waals surface area contributed by atoms with Crippen LogP contribution in [0.1, 0.15) is 50.7 Å². The Labute approximate surface area is 122 Å². The van der Waals surface area contributed by atoms with Gasteiger partial charge in [0.1, 0.15) is 0 Å². The third-order valence-electron chi connectivity index (χ3n) is 4.16. The third kappa shape index (κ3) is 4.10. The minimum absolute atomic E-state index is 0.135. The number of rotatable bonds is 3. The molecule has 0 spiro atoms. The topological polar surface area (TPSA) is 23.5 Å². The van der Waals surface area contributed by atoms with Gasteiger partial charge < -0.3 is 5.11 Å². The Hall–Kier alpha value is -1.30. The molecule has 1 fully saturated rings. The van der Waals surface area contributed by atoms with Crippen LogP contribution in [0.15, 0.2) is 24.3 Å². The Morgan fingerprint density at radius 1 is 1.15 bits per heavy atom. The molecule has 108 valence electrons. The minimum atomic E-state index is 0.135. The number of hydrogen-bond donors (Lipinski definition) is 1. The van der Waals surface area contributed by atoms with Gasteiger partial charge in [-0.25, -0.2) is 0 Å². The zero-order chi connectivity index (χ0) is 14.4. The number of likely N-dealkylation sites (tertiary alicyclic amines) is 1. The summed E-state index contributed by atoms with van der Waals surface area (Å²) in [5.74, 6) is 6.03. The van der Waals surface area contributed by atoms with Crippen LogP contribution >= 0.6 is 0 Å². The smallest absolute Gasteiger partial charge is 0.0540 e. The molecule has 0 unspecified atom stereocenters. The number of aliphatic hydroxyl groups is 1. The van der Waals surface area contributed by atoms with E-state index >= 15 is 0 Å². The van der Waals surface area contributed by atoms with E-state index in [1.165, 1.54) is 24.8 Å². The van der Waals surface area contributed by atoms with Gasteiger partial charge in [-0.3, -0.25) is 4.90 Å². The fourth-order valence-electron chi connectivity index (χ4n) is 2.91. The lowest BCUT2D eigenvalue weighted by molar-refractivity contribution is 0.0953. The maximum atomic E-state index is 8.71. The van der Waals surface area contributed by atoms with Crippen molar-refractivity contribution >= 4 is 0 Å². The first-order chi connectivity index (χ1) is 9.70. The summed E-state index contributed by atoms with van der Waals surface area (Å²) in [5.41, 5.74) is 2.39. The summed E-state index contributed by atoms with van der Waals surface area (Å²) in [4.78, 5) is 2.61. The van der Waals surface area contributed by atoms with Crippen molar-refractivity contribution in [3.8, 4) is 11.8 Å². The first kappa shape index (κ1) is 15.1. The quantitative estimate of drug-likeness (QED) is 0.854. The van der Waals surface area contributed by atoms with Crippen LogP contribution in [0.2, 0.25) is 0 Å². The SMILES string of the molecule is C[C@@H]1CCC[C@H](C)N1Cc1ccc(C#CCCO)cc1. The predicted octanol–water partition coefficient (Wildman–Crippen LogP) is 3.18. The highest BCUT2D eigenvalue weighted by molar-refractivity contribution is 5.36. The van der Waals surface area contributed by atoms with Gasteiger partial charge in [0.25, 0.3) is 0 Å². The van der Waals surface area contributed by atoms with Crippen LogP contribution in [0.25, 0.3) is 0 Å². The zero-order valence-electron chi connectivity index (χ0n) is 12.6. The van der Waals surface area contributed by atoms with Crippen LogP contribution in [-0.2, 0) is 6.54 Å². The fourth-order valence-corrected chi connectivity index (χ4v) is 2.91. The highest BCUT2D eigenvalue weighted by Crippen LogP contribution is 2.24. The van der Waals surface area contributed by atoms with E-state index in [1.54, 1.807) is 0 Å². The molecule has 2 nitrogen and oxygen atoms in total. The van der Waals surface area contributed by atoms with E-state index in [1.807, 2.05) is 0 Å². The van der Waals surface area contributed by atoms with E-state index < -0.39 is 0 Å². The summed E-state index contributed by atoms with van der Waals surface area (Å²) in [6.45, 7) is 5.84. The van der Waals surface area contributed by atoms with Crippen molar-refractivity contribution in [3.05, 3.63) is 35.4 Å². The van der Waals surface area contributed by atoms with E-state index in [0.717, 1.165) is 12.1 Å². The number of piperidine rings is 1. The molecule has 0 bridgehead atoms. The molecule has 0 saturated carbocycles. The maximum Gasteiger partial charge on any atom is 0.0540 e. The van der Waals surface area contributed by atoms with Gasteiger partial charge in [0.05, 0.1) is 6.61 Å². The molecule has 1 aromatic rings. The molecule has 0 aliphatic carbocycles. The lowest BCUT2D eigenvalue weighted by Crippen LogP contribution is -2.42. The van der Waals surface area contributed by atoms with Crippen molar-refractivity contribution in [2.45, 2.75) is 58.2 Å². The van der Waals surface area contributed by atoms with Crippen LogP contribution in [0.4, 0.5) is 0 Å². The normalized spacial score (nSPS) is 23.1. The molecule has 1 aliphatic rings. The summed E-state index contributed by atoms with van der Waals surface area (Å²) >= 11 is 0. The van der Waals surface area contributed by atoms with Gasteiger partial charge >= 0.3 is 0 Å². The number of hydrogen-bond acceptors (Lipinski definition) is 2. The molecular formula is C18H25NO. The van der Waals surface area contributed by atoms with Crippen LogP contribution in [0.3, 0.4) is 0 Å². The minimum Gasteiger partial charge on any atom is -0.395 e. The molecule has 2 heteroatoms. The molecular weight excluding hydrogens is 246 g/mol. The van der Waals surface area contributed by atoms with E-state index in [0.29, 0.717) is 18.5 Å². The molecule has 1 saturated heterocycles. The second kappa shape index (κ2) is 7.47. The number of benzene rings is 1. The first-order valence-corrected chi connectivity index (χ1v) is 7.65. The Morgan fingerprint density at radius 2 is 1.80 bits per heavy atom. The highest BCUT2D eigenvalue weighted by Gasteiger charge is 2.24. The van der Waals surface area contributed by atoms with Crippen molar-refractivity contribution < 1.29 is 5.11 Å². The van der Waals surface area contributed by atoms with Gasteiger partial charge in [0.15, 0.2) is 0 Å². The van der Waals surface area contributed by atoms with Crippen molar-refractivity contribution in [2.75, 3.05) is 6.61 Å². The lowest BCUT2D eigenvalue weighted by atomic mass is 9.96. The largest absolute Gasteiger partial charge is 0.395 e. The molecule has 1 heterocycles. The molecule has 0 aromatic heterocycles. The fraction of sp³-hybridized carbons (Fsp3) is 0.556. The second-order valence-electron chi connectivity index (χ2n) is 5.77. The molecule has 2 atom stereocenters. The molecule has 20 heavy (non-hydrogen) atoms. The van der Waals surface area contributed by atoms with Gasteiger partial charge in [-0.15, -0.1) is 0 Å². The van der Waals surface area contributed by atoms with Gasteiger partial charge in [0.2, 0.25) is 0 Å². The maximum absolute atomic E-state index is 8.71. The molecule has 0 amide bonds. The first-order valence-electron chi connectivity index (χ1n) is 7.65. The summed E-state index contributed by atoms with van der Waals surface area (Å²) < 4.78 is 0. The molecule has 1 aromatic carbocycles. The van der Waals surface area contributed by atoms with Crippen molar-refractivity contribution in [1.82, 2.24) is 4.90 Å². The van der Waals surface area contributed by atoms with E-state index in [4.69, 9.17) is 5.11 Å². The third-order valence-corrected chi connectivity index (χ3v) is 4.16. The standard InChI is InChI=1S/C18H25NO/c1-15-6-5-7-16(2)19(15)14-18-11-9-17(10-12-18)8-3-4-13-20/h9-12,15-16,20H,4-7,13-14H2,1-2H3/t15-,16+. The summed E-state index contributed by atoms with van der Waals surface area (Å²) in [6.07, 6.45) is 4.53. The van der Waals surface area contributed by atoms with Crippen LogP contribution in [0, 0.1) is 11.8 Å². The summed E-state index contributed by atoms with van der Waals surface area (Å²) in [5, 5.41) is 8.71. The van der Waals surface area contributed by atoms with Crippen LogP contribution < -0.4 is 0 Å². The van der Waals surface area contributed by atoms with Gasteiger partial charge in [-0.05, 0) is 44.4 Å². The average Bonchev–Trinajstić information content (AvgIpc) is 2.45. The van der Waals surface area contributed by atoms with Gasteiger partial charge in [-0.1, -0.05) is 30.4 Å². The Kier molecular flexibility index (Phi) is 5.64. The average molecular weight is 271 g/mol. The Balaban J connectivity index is 1.98. The molecule has 2 rings (SSSR count). The molecule has 1 N–H and O–H groups in total. The van der Waals surface area contributed by atoms with Gasteiger partial charge in [-0.2, -0.15) is 0 Å². The molecule has 1 aliphatic heterocycles. The predicted molar refractivity (Wildman–Crippen MR) is 83.3 cm³/mol. The van der Waals surface area contributed by atoms with E-state index in [2.05, 4.69) is 54.9 Å². The van der Waals surface area contributed by atoms with E-state index in [-0.39, 0.29) is 6.61 Å². The van der Waals surface area contributed by atoms with Crippen molar-refractivity contribution in [1.29, 1.82) is 0 Å². The highest BCUT2D eigenvalue weighted by atomic mass is 16.2. The summed E-state index contributed by atoms with van der Waals surface area (Å²) in [7, 11) is 0. The monoisotopic (exact) mass is 271 g/mol. The van der Waals surface area contributed by atoms with Crippen LogP contribution in [0.5, 0.6) is 0 Å². The van der Waals surface area contributed by atoms with E-state index in [9.17, 15) is 0 Å². The Morgan fingerprint density at radius 3 is 2.40 bits per heavy atom. The number of nitrogens with zero attached hydrogens (tertiary/aromatic N) is 1. The van der Waals surface area contributed by atoms with Crippen LogP contribution in [-0.4, -0.2) is 28.7 Å². The lowest BCUT2D eigenvalue weighted by Gasteiger charge is -2.39. The summed E-state index contributed by atoms with van der Waals surface area (Å²) in [6, 6.07) is 9.89. The zero-order valence-corrected chi connectivity index (χ0v) is 12.6.